The topological polar surface area (TPSA) is 41.1 Å². The van der Waals surface area contributed by atoms with Crippen LogP contribution in [0.15, 0.2) is 36.1 Å². The second-order valence-corrected chi connectivity index (χ2v) is 2.39. The van der Waals surface area contributed by atoms with Gasteiger partial charge in [-0.3, -0.25) is 0 Å². The third kappa shape index (κ3) is 2.62. The molecule has 0 bridgehead atoms. The van der Waals surface area contributed by atoms with E-state index in [2.05, 4.69) is 10.6 Å². The van der Waals surface area contributed by atoms with Gasteiger partial charge in [-0.15, -0.1) is 0 Å². The normalized spacial score (nSPS) is 14.9. The molecule has 0 unspecified atom stereocenters. The summed E-state index contributed by atoms with van der Waals surface area (Å²) in [5, 5.41) is 5.18. The molecule has 0 saturated heterocycles. The molecule has 64 valence electrons. The number of amides is 2. The summed E-state index contributed by atoms with van der Waals surface area (Å²) in [6, 6.07) is -0.187. The Balaban J connectivity index is 2.52. The highest BCUT2D eigenvalue weighted by atomic mass is 16.2. The van der Waals surface area contributed by atoms with Gasteiger partial charge >= 0.3 is 6.03 Å². The molecule has 0 aromatic heterocycles. The molecule has 0 aromatic carbocycles. The zero-order valence-corrected chi connectivity index (χ0v) is 7.00. The first kappa shape index (κ1) is 8.59. The molecule has 0 radical (unpaired) electrons. The standard InChI is InChI=1S/C9H12N2O/c1-10-9(12)11-8-6-4-2-3-5-7-8/h2-4,6-7H,5H2,1H3,(H2,10,11,12). The summed E-state index contributed by atoms with van der Waals surface area (Å²) in [6.07, 6.45) is 10.5. The minimum Gasteiger partial charge on any atom is -0.341 e. The van der Waals surface area contributed by atoms with Crippen molar-refractivity contribution in [2.75, 3.05) is 7.05 Å². The Kier molecular flexibility index (Phi) is 3.14. The van der Waals surface area contributed by atoms with Crippen LogP contribution in [0.25, 0.3) is 0 Å². The molecular weight excluding hydrogens is 152 g/mol. The maximum absolute atomic E-state index is 10.9. The van der Waals surface area contributed by atoms with Crippen LogP contribution in [0.2, 0.25) is 0 Å². The fraction of sp³-hybridized carbons (Fsp3) is 0.222. The van der Waals surface area contributed by atoms with Crippen molar-refractivity contribution in [1.82, 2.24) is 10.6 Å². The number of nitrogens with one attached hydrogen (secondary N) is 2. The van der Waals surface area contributed by atoms with Gasteiger partial charge in [0.25, 0.3) is 0 Å². The molecule has 0 saturated carbocycles. The molecular formula is C9H12N2O. The van der Waals surface area contributed by atoms with Gasteiger partial charge in [-0.1, -0.05) is 24.3 Å². The van der Waals surface area contributed by atoms with E-state index in [-0.39, 0.29) is 6.03 Å². The van der Waals surface area contributed by atoms with Crippen molar-refractivity contribution in [2.45, 2.75) is 6.42 Å². The lowest BCUT2D eigenvalue weighted by atomic mass is 10.3. The van der Waals surface area contributed by atoms with Crippen LogP contribution in [0, 0.1) is 0 Å². The van der Waals surface area contributed by atoms with Gasteiger partial charge in [0.15, 0.2) is 0 Å². The fourth-order valence-corrected chi connectivity index (χ4v) is 0.866. The molecule has 0 spiro atoms. The SMILES string of the molecule is CNC(=O)NC1=CCC=CC=C1. The first-order valence-electron chi connectivity index (χ1n) is 3.85. The Hall–Kier alpha value is -1.51. The summed E-state index contributed by atoms with van der Waals surface area (Å²) in [5.41, 5.74) is 0.833. The van der Waals surface area contributed by atoms with Crippen LogP contribution in [-0.2, 0) is 0 Å². The molecule has 2 N–H and O–H groups in total. The highest BCUT2D eigenvalue weighted by molar-refractivity contribution is 5.76. The summed E-state index contributed by atoms with van der Waals surface area (Å²) in [7, 11) is 1.59. The molecule has 3 nitrogen and oxygen atoms in total. The number of carbonyl (C=O) groups is 1. The lowest BCUT2D eigenvalue weighted by Gasteiger charge is -2.03. The number of urea groups is 1. The quantitative estimate of drug-likeness (QED) is 0.603. The van der Waals surface area contributed by atoms with Gasteiger partial charge in [0.1, 0.15) is 0 Å². The van der Waals surface area contributed by atoms with Crippen molar-refractivity contribution in [1.29, 1.82) is 0 Å². The van der Waals surface area contributed by atoms with Gasteiger partial charge in [-0.25, -0.2) is 4.79 Å². The van der Waals surface area contributed by atoms with Crippen LogP contribution in [-0.4, -0.2) is 13.1 Å². The number of hydrogen-bond acceptors (Lipinski definition) is 1. The predicted molar refractivity (Wildman–Crippen MR) is 48.6 cm³/mol. The van der Waals surface area contributed by atoms with Gasteiger partial charge in [0, 0.05) is 12.7 Å². The zero-order valence-electron chi connectivity index (χ0n) is 7.00. The minimum atomic E-state index is -0.187. The van der Waals surface area contributed by atoms with Gasteiger partial charge < -0.3 is 10.6 Å². The zero-order chi connectivity index (χ0) is 8.81. The minimum absolute atomic E-state index is 0.187. The molecule has 0 aliphatic heterocycles. The lowest BCUT2D eigenvalue weighted by molar-refractivity contribution is 0.245. The van der Waals surface area contributed by atoms with Crippen LogP contribution in [0.5, 0.6) is 0 Å². The Bertz CT molecular complexity index is 251. The van der Waals surface area contributed by atoms with E-state index < -0.39 is 0 Å². The first-order valence-corrected chi connectivity index (χ1v) is 3.85. The Morgan fingerprint density at radius 1 is 1.50 bits per heavy atom. The predicted octanol–water partition coefficient (Wildman–Crippen LogP) is 1.32. The van der Waals surface area contributed by atoms with Gasteiger partial charge in [-0.2, -0.15) is 0 Å². The number of allylic oxidation sites excluding steroid dienone is 5. The summed E-state index contributed by atoms with van der Waals surface area (Å²) in [5.74, 6) is 0. The molecule has 2 amide bonds. The van der Waals surface area contributed by atoms with E-state index in [1.807, 2.05) is 30.4 Å². The van der Waals surface area contributed by atoms with Crippen molar-refractivity contribution in [2.24, 2.45) is 0 Å². The molecule has 1 aliphatic carbocycles. The molecule has 0 aromatic rings. The third-order valence-corrected chi connectivity index (χ3v) is 1.48. The third-order valence-electron chi connectivity index (χ3n) is 1.48. The van der Waals surface area contributed by atoms with Crippen LogP contribution in [0.3, 0.4) is 0 Å². The lowest BCUT2D eigenvalue weighted by Crippen LogP contribution is -2.31. The highest BCUT2D eigenvalue weighted by Gasteiger charge is 1.97. The van der Waals surface area contributed by atoms with E-state index in [1.54, 1.807) is 7.05 Å². The monoisotopic (exact) mass is 164 g/mol. The number of rotatable bonds is 1. The van der Waals surface area contributed by atoms with Crippen molar-refractivity contribution in [3.8, 4) is 0 Å². The Morgan fingerprint density at radius 3 is 3.08 bits per heavy atom. The molecule has 3 heteroatoms. The van der Waals surface area contributed by atoms with E-state index in [4.69, 9.17) is 0 Å². The maximum Gasteiger partial charge on any atom is 0.318 e. The highest BCUT2D eigenvalue weighted by Crippen LogP contribution is 2.00. The van der Waals surface area contributed by atoms with Crippen LogP contribution in [0.4, 0.5) is 4.79 Å². The largest absolute Gasteiger partial charge is 0.341 e. The van der Waals surface area contributed by atoms with E-state index in [0.717, 1.165) is 12.1 Å². The van der Waals surface area contributed by atoms with Crippen LogP contribution < -0.4 is 10.6 Å². The van der Waals surface area contributed by atoms with Gasteiger partial charge in [0.05, 0.1) is 0 Å². The summed E-state index contributed by atoms with van der Waals surface area (Å²) < 4.78 is 0. The van der Waals surface area contributed by atoms with Gasteiger partial charge in [-0.05, 0) is 12.5 Å². The molecule has 12 heavy (non-hydrogen) atoms. The second-order valence-electron chi connectivity index (χ2n) is 2.39. The average molecular weight is 164 g/mol. The van der Waals surface area contributed by atoms with Crippen molar-refractivity contribution >= 4 is 6.03 Å². The van der Waals surface area contributed by atoms with Crippen molar-refractivity contribution in [3.63, 3.8) is 0 Å². The van der Waals surface area contributed by atoms with Crippen molar-refractivity contribution in [3.05, 3.63) is 36.1 Å². The average Bonchev–Trinajstić information content (AvgIpc) is 2.33. The van der Waals surface area contributed by atoms with Crippen LogP contribution in [0.1, 0.15) is 6.42 Å². The first-order chi connectivity index (χ1) is 5.83. The summed E-state index contributed by atoms with van der Waals surface area (Å²) >= 11 is 0. The van der Waals surface area contributed by atoms with Crippen LogP contribution >= 0.6 is 0 Å². The van der Waals surface area contributed by atoms with E-state index in [0.29, 0.717) is 0 Å². The van der Waals surface area contributed by atoms with Gasteiger partial charge in [0.2, 0.25) is 0 Å². The van der Waals surface area contributed by atoms with E-state index in [9.17, 15) is 4.79 Å². The molecule has 0 fully saturated rings. The summed E-state index contributed by atoms with van der Waals surface area (Å²) in [6.45, 7) is 0. The van der Waals surface area contributed by atoms with E-state index in [1.165, 1.54) is 0 Å². The second kappa shape index (κ2) is 4.38. The fourth-order valence-electron chi connectivity index (χ4n) is 0.866. The Labute approximate surface area is 71.8 Å². The number of carbonyl (C=O) groups excluding carboxylic acids is 1. The molecule has 0 heterocycles. The molecule has 0 atom stereocenters. The maximum atomic E-state index is 10.9. The summed E-state index contributed by atoms with van der Waals surface area (Å²) in [4.78, 5) is 10.9. The number of hydrogen-bond donors (Lipinski definition) is 2. The smallest absolute Gasteiger partial charge is 0.318 e. The van der Waals surface area contributed by atoms with E-state index >= 15 is 0 Å². The van der Waals surface area contributed by atoms with Crippen molar-refractivity contribution < 1.29 is 4.79 Å². The molecule has 1 aliphatic rings. The Morgan fingerprint density at radius 2 is 2.33 bits per heavy atom. The molecule has 1 rings (SSSR count).